The summed E-state index contributed by atoms with van der Waals surface area (Å²) in [6, 6.07) is 14.8. The van der Waals surface area contributed by atoms with E-state index in [4.69, 9.17) is 4.74 Å². The second kappa shape index (κ2) is 6.12. The first kappa shape index (κ1) is 15.7. The zero-order valence-electron chi connectivity index (χ0n) is 13.3. The molecule has 1 heterocycles. The molecule has 0 saturated heterocycles. The summed E-state index contributed by atoms with van der Waals surface area (Å²) in [5, 5.41) is 0. The Hall–Kier alpha value is -2.21. The van der Waals surface area contributed by atoms with E-state index in [0.717, 1.165) is 5.56 Å². The van der Waals surface area contributed by atoms with Gasteiger partial charge in [-0.05, 0) is 43.7 Å². The normalized spacial score (nSPS) is 14.1. The van der Waals surface area contributed by atoms with Crippen LogP contribution in [0.5, 0.6) is 5.75 Å². The zero-order chi connectivity index (χ0) is 16.4. The number of ether oxygens (including phenoxy) is 1. The van der Waals surface area contributed by atoms with Crippen molar-refractivity contribution in [1.29, 1.82) is 0 Å². The highest BCUT2D eigenvalue weighted by atomic mass is 32.2. The highest BCUT2D eigenvalue weighted by Gasteiger charge is 2.33. The van der Waals surface area contributed by atoms with Gasteiger partial charge < -0.3 is 4.74 Å². The number of benzene rings is 2. The van der Waals surface area contributed by atoms with E-state index in [1.807, 2.05) is 50.2 Å². The molecule has 0 atom stereocenters. The molecule has 0 aromatic heterocycles. The lowest BCUT2D eigenvalue weighted by atomic mass is 10.2. The number of rotatable bonds is 4. The third kappa shape index (κ3) is 2.86. The van der Waals surface area contributed by atoms with Crippen LogP contribution < -0.4 is 13.3 Å². The number of para-hydroxylation sites is 2. The van der Waals surface area contributed by atoms with Gasteiger partial charge >= 0.3 is 10.2 Å². The molecule has 1 aliphatic rings. The van der Waals surface area contributed by atoms with Crippen molar-refractivity contribution in [2.45, 2.75) is 13.8 Å². The summed E-state index contributed by atoms with van der Waals surface area (Å²) in [5.41, 5.74) is 2.29. The minimum atomic E-state index is -3.67. The Bertz CT molecular complexity index is 805. The van der Waals surface area contributed by atoms with Crippen LogP contribution in [0.15, 0.2) is 48.5 Å². The fraction of sp³-hybridized carbons (Fsp3) is 0.294. The molecule has 0 amide bonds. The van der Waals surface area contributed by atoms with Crippen molar-refractivity contribution in [3.63, 3.8) is 0 Å². The lowest BCUT2D eigenvalue weighted by Crippen LogP contribution is -2.47. The number of hydrogen-bond acceptors (Lipinski definition) is 3. The summed E-state index contributed by atoms with van der Waals surface area (Å²) >= 11 is 0. The number of anilines is 2. The van der Waals surface area contributed by atoms with Gasteiger partial charge in [-0.2, -0.15) is 8.42 Å². The Kier molecular flexibility index (Phi) is 4.17. The first-order valence-corrected chi connectivity index (χ1v) is 9.02. The maximum atomic E-state index is 13.2. The quantitative estimate of drug-likeness (QED) is 0.865. The van der Waals surface area contributed by atoms with Gasteiger partial charge in [0.15, 0.2) is 0 Å². The molecule has 1 aliphatic heterocycles. The van der Waals surface area contributed by atoms with Gasteiger partial charge in [0.1, 0.15) is 12.4 Å². The summed E-state index contributed by atoms with van der Waals surface area (Å²) in [4.78, 5) is 0. The third-order valence-electron chi connectivity index (χ3n) is 3.82. The molecular weight excluding hydrogens is 312 g/mol. The largest absolute Gasteiger partial charge is 0.489 e. The smallest absolute Gasteiger partial charge is 0.326 e. The predicted molar refractivity (Wildman–Crippen MR) is 92.4 cm³/mol. The standard InChI is InChI=1S/C17H20N2O3S/c1-3-18(15-8-6-7-14(2)13-15)23(20,21)19-11-12-22-17-10-5-4-9-16(17)19/h4-10,13H,3,11-12H2,1-2H3. The van der Waals surface area contributed by atoms with Gasteiger partial charge in [-0.1, -0.05) is 24.3 Å². The predicted octanol–water partition coefficient (Wildman–Crippen LogP) is 2.97. The first-order chi connectivity index (χ1) is 11.0. The number of aryl methyl sites for hydroxylation is 1. The van der Waals surface area contributed by atoms with Crippen LogP contribution in [-0.2, 0) is 10.2 Å². The van der Waals surface area contributed by atoms with Crippen molar-refractivity contribution in [2.75, 3.05) is 28.3 Å². The maximum absolute atomic E-state index is 13.2. The highest BCUT2D eigenvalue weighted by molar-refractivity contribution is 7.94. The van der Waals surface area contributed by atoms with Crippen LogP contribution in [0.25, 0.3) is 0 Å². The van der Waals surface area contributed by atoms with Gasteiger partial charge in [0.05, 0.1) is 17.9 Å². The summed E-state index contributed by atoms with van der Waals surface area (Å²) in [6.07, 6.45) is 0. The molecule has 23 heavy (non-hydrogen) atoms. The van der Waals surface area contributed by atoms with Crippen LogP contribution in [0.4, 0.5) is 11.4 Å². The number of nitrogens with zero attached hydrogens (tertiary/aromatic N) is 2. The topological polar surface area (TPSA) is 49.9 Å². The molecule has 3 rings (SSSR count). The summed E-state index contributed by atoms with van der Waals surface area (Å²) in [6.45, 7) is 4.81. The van der Waals surface area contributed by atoms with E-state index in [-0.39, 0.29) is 0 Å². The van der Waals surface area contributed by atoms with Crippen molar-refractivity contribution in [3.05, 3.63) is 54.1 Å². The van der Waals surface area contributed by atoms with Crippen LogP contribution in [0, 0.1) is 6.92 Å². The van der Waals surface area contributed by atoms with Crippen molar-refractivity contribution in [2.24, 2.45) is 0 Å². The third-order valence-corrected chi connectivity index (χ3v) is 5.78. The molecule has 0 fully saturated rings. The van der Waals surface area contributed by atoms with Crippen molar-refractivity contribution < 1.29 is 13.2 Å². The van der Waals surface area contributed by atoms with Crippen LogP contribution in [0.3, 0.4) is 0 Å². The molecule has 0 saturated carbocycles. The Morgan fingerprint density at radius 2 is 1.96 bits per heavy atom. The number of fused-ring (bicyclic) bond motifs is 1. The molecule has 2 aromatic rings. The molecule has 5 nitrogen and oxygen atoms in total. The van der Waals surface area contributed by atoms with Crippen LogP contribution in [-0.4, -0.2) is 28.1 Å². The SMILES string of the molecule is CCN(c1cccc(C)c1)S(=O)(=O)N1CCOc2ccccc21. The van der Waals surface area contributed by atoms with E-state index >= 15 is 0 Å². The Labute approximate surface area is 137 Å². The lowest BCUT2D eigenvalue weighted by molar-refractivity contribution is 0.316. The maximum Gasteiger partial charge on any atom is 0.326 e. The molecule has 0 unspecified atom stereocenters. The molecule has 2 aromatic carbocycles. The average molecular weight is 332 g/mol. The van der Waals surface area contributed by atoms with E-state index in [1.165, 1.54) is 8.61 Å². The Morgan fingerprint density at radius 1 is 1.17 bits per heavy atom. The second-order valence-electron chi connectivity index (χ2n) is 5.40. The Morgan fingerprint density at radius 3 is 2.70 bits per heavy atom. The average Bonchev–Trinajstić information content (AvgIpc) is 2.55. The van der Waals surface area contributed by atoms with E-state index in [1.54, 1.807) is 12.1 Å². The molecule has 0 aliphatic carbocycles. The minimum absolute atomic E-state index is 0.307. The molecule has 0 bridgehead atoms. The van der Waals surface area contributed by atoms with Crippen LogP contribution in [0.2, 0.25) is 0 Å². The van der Waals surface area contributed by atoms with Crippen molar-refractivity contribution in [3.8, 4) is 5.75 Å². The lowest BCUT2D eigenvalue weighted by Gasteiger charge is -2.35. The highest BCUT2D eigenvalue weighted by Crippen LogP contribution is 2.34. The Balaban J connectivity index is 2.04. The van der Waals surface area contributed by atoms with E-state index < -0.39 is 10.2 Å². The van der Waals surface area contributed by atoms with E-state index in [9.17, 15) is 8.42 Å². The van der Waals surface area contributed by atoms with Crippen molar-refractivity contribution in [1.82, 2.24) is 0 Å². The monoisotopic (exact) mass is 332 g/mol. The molecular formula is C17H20N2O3S. The molecule has 0 radical (unpaired) electrons. The van der Waals surface area contributed by atoms with Gasteiger partial charge in [-0.25, -0.2) is 4.31 Å². The summed E-state index contributed by atoms with van der Waals surface area (Å²) in [5.74, 6) is 0.600. The zero-order valence-corrected chi connectivity index (χ0v) is 14.1. The van der Waals surface area contributed by atoms with Crippen LogP contribution in [0.1, 0.15) is 12.5 Å². The summed E-state index contributed by atoms with van der Waals surface area (Å²) < 4.78 is 34.8. The first-order valence-electron chi connectivity index (χ1n) is 7.63. The fourth-order valence-corrected chi connectivity index (χ4v) is 4.41. The fourth-order valence-electron chi connectivity index (χ4n) is 2.76. The van der Waals surface area contributed by atoms with Gasteiger partial charge in [0.25, 0.3) is 0 Å². The number of hydrogen-bond donors (Lipinski definition) is 0. The van der Waals surface area contributed by atoms with Gasteiger partial charge in [-0.3, -0.25) is 4.31 Å². The van der Waals surface area contributed by atoms with E-state index in [2.05, 4.69) is 0 Å². The van der Waals surface area contributed by atoms with Gasteiger partial charge in [0, 0.05) is 6.54 Å². The van der Waals surface area contributed by atoms with Gasteiger partial charge in [-0.15, -0.1) is 0 Å². The molecule has 0 spiro atoms. The second-order valence-corrected chi connectivity index (χ2v) is 7.18. The van der Waals surface area contributed by atoms with E-state index in [0.29, 0.717) is 36.8 Å². The molecule has 122 valence electrons. The molecule has 0 N–H and O–H groups in total. The minimum Gasteiger partial charge on any atom is -0.489 e. The summed E-state index contributed by atoms with van der Waals surface area (Å²) in [7, 11) is -3.67. The van der Waals surface area contributed by atoms with Crippen molar-refractivity contribution >= 4 is 21.6 Å². The van der Waals surface area contributed by atoms with Gasteiger partial charge in [0.2, 0.25) is 0 Å². The molecule has 6 heteroatoms. The van der Waals surface area contributed by atoms with Crippen LogP contribution >= 0.6 is 0 Å².